The van der Waals surface area contributed by atoms with Crippen LogP contribution in [0.2, 0.25) is 0 Å². The van der Waals surface area contributed by atoms with Gasteiger partial charge in [-0.3, -0.25) is 9.59 Å². The zero-order valence-corrected chi connectivity index (χ0v) is 16.9. The van der Waals surface area contributed by atoms with Crippen molar-refractivity contribution in [3.63, 3.8) is 0 Å². The van der Waals surface area contributed by atoms with E-state index in [1.54, 1.807) is 20.8 Å². The van der Waals surface area contributed by atoms with E-state index in [0.717, 1.165) is 0 Å². The minimum atomic E-state index is -0.857. The number of carbonyl (C=O) groups is 3. The summed E-state index contributed by atoms with van der Waals surface area (Å²) in [7, 11) is 1.36. The van der Waals surface area contributed by atoms with Gasteiger partial charge in [0.15, 0.2) is 0 Å². The van der Waals surface area contributed by atoms with Gasteiger partial charge in [0.05, 0.1) is 19.1 Å². The topological polar surface area (TPSA) is 81.7 Å². The van der Waals surface area contributed by atoms with Gasteiger partial charge >= 0.3 is 11.9 Å². The minimum Gasteiger partial charge on any atom is -0.469 e. The fraction of sp³-hybridized carbons (Fsp3) is 0.737. The van der Waals surface area contributed by atoms with E-state index in [2.05, 4.69) is 11.9 Å². The maximum absolute atomic E-state index is 12.7. The Balaban J connectivity index is 5.13. The molecular weight excluding hydrogens is 322 g/mol. The number of amides is 1. The predicted octanol–water partition coefficient (Wildman–Crippen LogP) is 2.86. The molecule has 0 aromatic heterocycles. The average molecular weight is 355 g/mol. The summed E-state index contributed by atoms with van der Waals surface area (Å²) < 4.78 is 9.95. The number of esters is 2. The molecule has 0 rings (SSSR count). The predicted molar refractivity (Wildman–Crippen MR) is 96.8 cm³/mol. The molecule has 0 heterocycles. The molecule has 0 aliphatic carbocycles. The Morgan fingerprint density at radius 2 is 1.60 bits per heavy atom. The quantitative estimate of drug-likeness (QED) is 0.391. The lowest BCUT2D eigenvalue weighted by Crippen LogP contribution is -2.56. The monoisotopic (exact) mass is 355 g/mol. The lowest BCUT2D eigenvalue weighted by molar-refractivity contribution is -0.170. The summed E-state index contributed by atoms with van der Waals surface area (Å²) >= 11 is 0. The van der Waals surface area contributed by atoms with Crippen LogP contribution >= 0.6 is 0 Å². The van der Waals surface area contributed by atoms with E-state index in [4.69, 9.17) is 9.47 Å². The summed E-state index contributed by atoms with van der Waals surface area (Å²) in [6.45, 7) is 16.4. The van der Waals surface area contributed by atoms with Gasteiger partial charge in [0.1, 0.15) is 6.61 Å². The van der Waals surface area contributed by atoms with Gasteiger partial charge in [0, 0.05) is 11.0 Å². The lowest BCUT2D eigenvalue weighted by atomic mass is 9.53. The Bertz CT molecular complexity index is 536. The molecule has 1 N–H and O–H groups in total. The third-order valence-electron chi connectivity index (χ3n) is 5.82. The van der Waals surface area contributed by atoms with Gasteiger partial charge in [-0.15, -0.1) is 0 Å². The van der Waals surface area contributed by atoms with Crippen LogP contribution in [0.3, 0.4) is 0 Å². The Morgan fingerprint density at radius 1 is 1.08 bits per heavy atom. The van der Waals surface area contributed by atoms with Crippen molar-refractivity contribution >= 4 is 17.8 Å². The first-order valence-electron chi connectivity index (χ1n) is 8.49. The van der Waals surface area contributed by atoms with Crippen molar-refractivity contribution in [3.05, 3.63) is 12.2 Å². The van der Waals surface area contributed by atoms with E-state index in [-0.39, 0.29) is 25.0 Å². The van der Waals surface area contributed by atoms with Gasteiger partial charge in [-0.05, 0) is 25.7 Å². The van der Waals surface area contributed by atoms with Crippen LogP contribution in [0.4, 0.5) is 0 Å². The number of hydrogen-bond donors (Lipinski definition) is 1. The molecule has 0 aliphatic heterocycles. The van der Waals surface area contributed by atoms with Crippen LogP contribution in [-0.4, -0.2) is 38.1 Å². The highest BCUT2D eigenvalue weighted by Crippen LogP contribution is 2.53. The van der Waals surface area contributed by atoms with Crippen molar-refractivity contribution < 1.29 is 23.9 Å². The number of ether oxygens (including phenoxy) is 2. The van der Waals surface area contributed by atoms with Gasteiger partial charge in [0.2, 0.25) is 5.91 Å². The molecule has 6 heteroatoms. The summed E-state index contributed by atoms with van der Waals surface area (Å²) in [5, 5.41) is 2.78. The molecule has 0 fully saturated rings. The Hall–Kier alpha value is -1.85. The maximum atomic E-state index is 12.7. The summed E-state index contributed by atoms with van der Waals surface area (Å²) in [6, 6.07) is 0. The summed E-state index contributed by atoms with van der Waals surface area (Å²) in [6.07, 6.45) is 0.541. The van der Waals surface area contributed by atoms with E-state index < -0.39 is 22.2 Å². The normalized spacial score (nSPS) is 14.2. The molecule has 144 valence electrons. The first kappa shape index (κ1) is 23.1. The number of carbonyl (C=O) groups excluding carboxylic acids is 3. The molecular formula is C19H33NO5. The van der Waals surface area contributed by atoms with E-state index >= 15 is 0 Å². The summed E-state index contributed by atoms with van der Waals surface area (Å²) in [4.78, 5) is 36.4. The van der Waals surface area contributed by atoms with Crippen LogP contribution in [0.5, 0.6) is 0 Å². The fourth-order valence-electron chi connectivity index (χ4n) is 2.69. The molecule has 0 aromatic rings. The first-order chi connectivity index (χ1) is 11.3. The summed E-state index contributed by atoms with van der Waals surface area (Å²) in [5.41, 5.74) is -2.05. The van der Waals surface area contributed by atoms with Crippen molar-refractivity contribution in [3.8, 4) is 0 Å². The van der Waals surface area contributed by atoms with Gasteiger partial charge in [-0.25, -0.2) is 4.79 Å². The van der Waals surface area contributed by atoms with Crippen LogP contribution in [0.15, 0.2) is 12.2 Å². The molecule has 0 saturated heterocycles. The third kappa shape index (κ3) is 4.61. The highest BCUT2D eigenvalue weighted by molar-refractivity contribution is 5.87. The van der Waals surface area contributed by atoms with Crippen LogP contribution in [0.25, 0.3) is 0 Å². The third-order valence-corrected chi connectivity index (χ3v) is 5.82. The van der Waals surface area contributed by atoms with Crippen molar-refractivity contribution in [1.82, 2.24) is 5.32 Å². The number of methoxy groups -OCH3 is 1. The van der Waals surface area contributed by atoms with Crippen LogP contribution in [0, 0.1) is 16.2 Å². The zero-order chi connectivity index (χ0) is 20.1. The highest BCUT2D eigenvalue weighted by atomic mass is 16.5. The van der Waals surface area contributed by atoms with E-state index in [1.165, 1.54) is 7.11 Å². The van der Waals surface area contributed by atoms with E-state index in [1.807, 2.05) is 27.7 Å². The Labute approximate surface area is 151 Å². The minimum absolute atomic E-state index is 0.0655. The van der Waals surface area contributed by atoms with E-state index in [0.29, 0.717) is 12.0 Å². The highest BCUT2D eigenvalue weighted by Gasteiger charge is 2.57. The second-order valence-corrected chi connectivity index (χ2v) is 7.60. The van der Waals surface area contributed by atoms with Crippen molar-refractivity contribution in [2.24, 2.45) is 16.2 Å². The standard InChI is InChI=1S/C19H33NO5/c1-10-19(8,16(23)24-9)18(6,7)17(4,5)15(22)20-11-12-25-14(21)13(2)3/h2,10-12H2,1,3-9H3,(H,20,22). The van der Waals surface area contributed by atoms with Gasteiger partial charge in [-0.1, -0.05) is 41.2 Å². The molecule has 0 spiro atoms. The molecule has 1 unspecified atom stereocenters. The molecule has 25 heavy (non-hydrogen) atoms. The second-order valence-electron chi connectivity index (χ2n) is 7.60. The molecule has 0 saturated carbocycles. The second kappa shape index (κ2) is 8.50. The smallest absolute Gasteiger partial charge is 0.333 e. The number of rotatable bonds is 9. The van der Waals surface area contributed by atoms with Crippen LogP contribution in [0.1, 0.15) is 54.9 Å². The van der Waals surface area contributed by atoms with Crippen molar-refractivity contribution in [2.45, 2.75) is 54.9 Å². The average Bonchev–Trinajstić information content (AvgIpc) is 2.55. The van der Waals surface area contributed by atoms with Crippen LogP contribution < -0.4 is 5.32 Å². The Morgan fingerprint density at radius 3 is 2.00 bits per heavy atom. The SMILES string of the molecule is C=C(C)C(=O)OCCNC(=O)C(C)(C)C(C)(C)C(C)(CC)C(=O)OC. The molecule has 1 atom stereocenters. The Kier molecular flexibility index (Phi) is 7.87. The van der Waals surface area contributed by atoms with Crippen molar-refractivity contribution in [2.75, 3.05) is 20.3 Å². The maximum Gasteiger partial charge on any atom is 0.333 e. The van der Waals surface area contributed by atoms with Gasteiger partial charge in [-0.2, -0.15) is 0 Å². The lowest BCUT2D eigenvalue weighted by Gasteiger charge is -2.50. The molecule has 0 bridgehead atoms. The number of hydrogen-bond acceptors (Lipinski definition) is 5. The fourth-order valence-corrected chi connectivity index (χ4v) is 2.69. The van der Waals surface area contributed by atoms with Crippen LogP contribution in [-0.2, 0) is 23.9 Å². The number of nitrogens with one attached hydrogen (secondary N) is 1. The van der Waals surface area contributed by atoms with Crippen molar-refractivity contribution in [1.29, 1.82) is 0 Å². The molecule has 0 radical (unpaired) electrons. The van der Waals surface area contributed by atoms with E-state index in [9.17, 15) is 14.4 Å². The molecule has 0 aromatic carbocycles. The van der Waals surface area contributed by atoms with Gasteiger partial charge in [0.25, 0.3) is 0 Å². The molecule has 0 aliphatic rings. The van der Waals surface area contributed by atoms with Gasteiger partial charge < -0.3 is 14.8 Å². The molecule has 6 nitrogen and oxygen atoms in total. The summed E-state index contributed by atoms with van der Waals surface area (Å²) in [5.74, 6) is -1.04. The first-order valence-corrected chi connectivity index (χ1v) is 8.49. The molecule has 1 amide bonds. The largest absolute Gasteiger partial charge is 0.469 e. The zero-order valence-electron chi connectivity index (χ0n) is 16.9.